The van der Waals surface area contributed by atoms with Gasteiger partial charge in [-0.1, -0.05) is 20.3 Å². The second-order valence-electron chi connectivity index (χ2n) is 3.84. The summed E-state index contributed by atoms with van der Waals surface area (Å²) < 4.78 is 5.75. The van der Waals surface area contributed by atoms with Crippen LogP contribution in [0.15, 0.2) is 0 Å². The molecule has 2 heteroatoms. The first kappa shape index (κ1) is 10.0. The molecule has 1 aliphatic heterocycles. The van der Waals surface area contributed by atoms with Crippen molar-refractivity contribution < 1.29 is 4.74 Å². The molecule has 1 unspecified atom stereocenters. The van der Waals surface area contributed by atoms with Gasteiger partial charge in [-0.2, -0.15) is 0 Å². The molecule has 0 saturated carbocycles. The summed E-state index contributed by atoms with van der Waals surface area (Å²) in [5.74, 6) is 0.732. The summed E-state index contributed by atoms with van der Waals surface area (Å²) in [4.78, 5) is 0. The Bertz CT molecular complexity index is 110. The van der Waals surface area contributed by atoms with Crippen LogP contribution in [-0.2, 0) is 4.74 Å². The average Bonchev–Trinajstić information content (AvgIpc) is 2.53. The second-order valence-corrected chi connectivity index (χ2v) is 3.84. The van der Waals surface area contributed by atoms with Gasteiger partial charge in [0.05, 0.1) is 6.10 Å². The van der Waals surface area contributed by atoms with E-state index in [-0.39, 0.29) is 0 Å². The number of ether oxygens (including phenoxy) is 1. The van der Waals surface area contributed by atoms with E-state index in [1.54, 1.807) is 0 Å². The Balaban J connectivity index is 1.99. The Morgan fingerprint density at radius 3 is 3.00 bits per heavy atom. The minimum atomic E-state index is 0.490. The average molecular weight is 171 g/mol. The number of nitrogens with one attached hydrogen (secondary N) is 1. The molecule has 0 aromatic heterocycles. The lowest BCUT2D eigenvalue weighted by Gasteiger charge is -2.14. The van der Waals surface area contributed by atoms with Crippen molar-refractivity contribution in [2.75, 3.05) is 19.7 Å². The van der Waals surface area contributed by atoms with E-state index in [9.17, 15) is 0 Å². The predicted octanol–water partition coefficient (Wildman–Crippen LogP) is 1.80. The monoisotopic (exact) mass is 171 g/mol. The van der Waals surface area contributed by atoms with Gasteiger partial charge in [0.2, 0.25) is 0 Å². The SMILES string of the molecule is CCCC(C)CO[C@H]1CCNC1. The van der Waals surface area contributed by atoms with Crippen molar-refractivity contribution in [3.63, 3.8) is 0 Å². The van der Waals surface area contributed by atoms with Gasteiger partial charge < -0.3 is 10.1 Å². The van der Waals surface area contributed by atoms with Crippen LogP contribution in [0.5, 0.6) is 0 Å². The van der Waals surface area contributed by atoms with E-state index in [0.29, 0.717) is 6.10 Å². The van der Waals surface area contributed by atoms with E-state index in [1.165, 1.54) is 19.3 Å². The molecule has 0 amide bonds. The zero-order valence-electron chi connectivity index (χ0n) is 8.31. The van der Waals surface area contributed by atoms with Crippen molar-refractivity contribution >= 4 is 0 Å². The lowest BCUT2D eigenvalue weighted by molar-refractivity contribution is 0.0430. The van der Waals surface area contributed by atoms with Crippen molar-refractivity contribution in [3.05, 3.63) is 0 Å². The van der Waals surface area contributed by atoms with Crippen LogP contribution in [-0.4, -0.2) is 25.8 Å². The van der Waals surface area contributed by atoms with Gasteiger partial charge in [-0.15, -0.1) is 0 Å². The molecule has 12 heavy (non-hydrogen) atoms. The molecule has 2 nitrogen and oxygen atoms in total. The third kappa shape index (κ3) is 3.55. The fraction of sp³-hybridized carbons (Fsp3) is 1.00. The lowest BCUT2D eigenvalue weighted by Crippen LogP contribution is -2.19. The van der Waals surface area contributed by atoms with Gasteiger partial charge in [-0.25, -0.2) is 0 Å². The van der Waals surface area contributed by atoms with E-state index in [4.69, 9.17) is 4.74 Å². The fourth-order valence-electron chi connectivity index (χ4n) is 1.65. The van der Waals surface area contributed by atoms with Gasteiger partial charge >= 0.3 is 0 Å². The summed E-state index contributed by atoms with van der Waals surface area (Å²) in [5.41, 5.74) is 0. The first-order valence-corrected chi connectivity index (χ1v) is 5.15. The summed E-state index contributed by atoms with van der Waals surface area (Å²) >= 11 is 0. The van der Waals surface area contributed by atoms with E-state index in [2.05, 4.69) is 19.2 Å². The third-order valence-electron chi connectivity index (χ3n) is 2.41. The molecule has 0 aromatic rings. The Kier molecular flexibility index (Phi) is 4.62. The van der Waals surface area contributed by atoms with Crippen molar-refractivity contribution in [1.82, 2.24) is 5.32 Å². The maximum absolute atomic E-state index is 5.75. The van der Waals surface area contributed by atoms with Crippen molar-refractivity contribution in [1.29, 1.82) is 0 Å². The Morgan fingerprint density at radius 2 is 2.42 bits per heavy atom. The molecule has 1 aliphatic rings. The van der Waals surface area contributed by atoms with Gasteiger partial charge in [0.25, 0.3) is 0 Å². The molecule has 0 aromatic carbocycles. The molecule has 0 spiro atoms. The molecule has 1 rings (SSSR count). The van der Waals surface area contributed by atoms with Crippen molar-refractivity contribution in [3.8, 4) is 0 Å². The predicted molar refractivity (Wildman–Crippen MR) is 51.3 cm³/mol. The van der Waals surface area contributed by atoms with Gasteiger partial charge in [0.15, 0.2) is 0 Å². The Hall–Kier alpha value is -0.0800. The topological polar surface area (TPSA) is 21.3 Å². The van der Waals surface area contributed by atoms with Gasteiger partial charge in [0, 0.05) is 13.2 Å². The van der Waals surface area contributed by atoms with Crippen LogP contribution in [0.25, 0.3) is 0 Å². The van der Waals surface area contributed by atoms with Crippen LogP contribution in [0, 0.1) is 5.92 Å². The molecular formula is C10H21NO. The lowest BCUT2D eigenvalue weighted by atomic mass is 10.1. The van der Waals surface area contributed by atoms with E-state index >= 15 is 0 Å². The first-order valence-electron chi connectivity index (χ1n) is 5.15. The highest BCUT2D eigenvalue weighted by Crippen LogP contribution is 2.09. The van der Waals surface area contributed by atoms with Crippen LogP contribution in [0.2, 0.25) is 0 Å². The highest BCUT2D eigenvalue weighted by molar-refractivity contribution is 4.71. The number of hydrogen-bond donors (Lipinski definition) is 1. The van der Waals surface area contributed by atoms with Crippen LogP contribution in [0.3, 0.4) is 0 Å². The number of hydrogen-bond acceptors (Lipinski definition) is 2. The minimum absolute atomic E-state index is 0.490. The summed E-state index contributed by atoms with van der Waals surface area (Å²) in [6.07, 6.45) is 4.25. The number of rotatable bonds is 5. The highest BCUT2D eigenvalue weighted by atomic mass is 16.5. The smallest absolute Gasteiger partial charge is 0.0711 e. The maximum atomic E-state index is 5.75. The normalized spacial score (nSPS) is 26.0. The van der Waals surface area contributed by atoms with Gasteiger partial charge in [-0.3, -0.25) is 0 Å². The standard InChI is InChI=1S/C10H21NO/c1-3-4-9(2)8-12-10-5-6-11-7-10/h9-11H,3-8H2,1-2H3/t9?,10-/m0/s1. The molecule has 1 heterocycles. The molecule has 1 fully saturated rings. The van der Waals surface area contributed by atoms with Crippen LogP contribution >= 0.6 is 0 Å². The zero-order chi connectivity index (χ0) is 8.81. The minimum Gasteiger partial charge on any atom is -0.377 e. The van der Waals surface area contributed by atoms with Crippen LogP contribution in [0.4, 0.5) is 0 Å². The molecule has 72 valence electrons. The second kappa shape index (κ2) is 5.55. The summed E-state index contributed by atoms with van der Waals surface area (Å²) in [6.45, 7) is 7.63. The van der Waals surface area contributed by atoms with E-state index in [1.807, 2.05) is 0 Å². The highest BCUT2D eigenvalue weighted by Gasteiger charge is 2.15. The van der Waals surface area contributed by atoms with Crippen molar-refractivity contribution in [2.45, 2.75) is 39.2 Å². The van der Waals surface area contributed by atoms with Gasteiger partial charge in [-0.05, 0) is 25.3 Å². The molecule has 0 bridgehead atoms. The summed E-state index contributed by atoms with van der Waals surface area (Å²) in [6, 6.07) is 0. The maximum Gasteiger partial charge on any atom is 0.0711 e. The Morgan fingerprint density at radius 1 is 1.58 bits per heavy atom. The summed E-state index contributed by atoms with van der Waals surface area (Å²) in [7, 11) is 0. The first-order chi connectivity index (χ1) is 5.83. The fourth-order valence-corrected chi connectivity index (χ4v) is 1.65. The molecule has 0 aliphatic carbocycles. The van der Waals surface area contributed by atoms with Crippen molar-refractivity contribution in [2.24, 2.45) is 5.92 Å². The summed E-state index contributed by atoms with van der Waals surface area (Å²) in [5, 5.41) is 3.30. The van der Waals surface area contributed by atoms with Gasteiger partial charge in [0.1, 0.15) is 0 Å². The molecule has 0 radical (unpaired) electrons. The zero-order valence-corrected chi connectivity index (χ0v) is 8.31. The molecule has 2 atom stereocenters. The van der Waals surface area contributed by atoms with Crippen LogP contribution < -0.4 is 5.32 Å². The Labute approximate surface area is 75.7 Å². The quantitative estimate of drug-likeness (QED) is 0.681. The molecule has 1 saturated heterocycles. The van der Waals surface area contributed by atoms with E-state index < -0.39 is 0 Å². The van der Waals surface area contributed by atoms with E-state index in [0.717, 1.165) is 25.6 Å². The largest absolute Gasteiger partial charge is 0.377 e. The third-order valence-corrected chi connectivity index (χ3v) is 2.41. The molecule has 1 N–H and O–H groups in total. The molecular weight excluding hydrogens is 150 g/mol. The van der Waals surface area contributed by atoms with Crippen LogP contribution in [0.1, 0.15) is 33.1 Å².